The van der Waals surface area contributed by atoms with Crippen LogP contribution in [0, 0.1) is 11.7 Å². The number of fused-ring (bicyclic) bond motifs is 2. The van der Waals surface area contributed by atoms with Crippen molar-refractivity contribution in [3.63, 3.8) is 0 Å². The van der Waals surface area contributed by atoms with Crippen LogP contribution in [0.1, 0.15) is 46.6 Å². The highest BCUT2D eigenvalue weighted by atomic mass is 19.4. The minimum atomic E-state index is -4.53. The lowest BCUT2D eigenvalue weighted by Gasteiger charge is -2.35. The van der Waals surface area contributed by atoms with E-state index in [0.29, 0.717) is 42.9 Å². The molecule has 0 aliphatic carbocycles. The molecule has 0 bridgehead atoms. The molecule has 47 heavy (non-hydrogen) atoms. The van der Waals surface area contributed by atoms with Gasteiger partial charge in [-0.1, -0.05) is 36.4 Å². The Bertz CT molecular complexity index is 2020. The van der Waals surface area contributed by atoms with Gasteiger partial charge in [0.15, 0.2) is 5.65 Å². The summed E-state index contributed by atoms with van der Waals surface area (Å²) < 4.78 is 57.1. The van der Waals surface area contributed by atoms with Crippen LogP contribution in [-0.2, 0) is 17.4 Å². The van der Waals surface area contributed by atoms with Gasteiger partial charge >= 0.3 is 12.1 Å². The van der Waals surface area contributed by atoms with Gasteiger partial charge in [0.1, 0.15) is 11.5 Å². The monoisotopic (exact) mass is 643 g/mol. The molecule has 2 aliphatic heterocycles. The summed E-state index contributed by atoms with van der Waals surface area (Å²) in [5.41, 5.74) is 3.28. The number of amides is 1. The largest absolute Gasteiger partial charge is 0.481 e. The number of aliphatic carboxylic acids is 1. The lowest BCUT2D eigenvalue weighted by Crippen LogP contribution is -2.39. The molecule has 1 amide bonds. The van der Waals surface area contributed by atoms with E-state index in [2.05, 4.69) is 10.1 Å². The van der Waals surface area contributed by atoms with Gasteiger partial charge in [-0.3, -0.25) is 9.59 Å². The molecule has 0 unspecified atom stereocenters. The van der Waals surface area contributed by atoms with E-state index in [0.717, 1.165) is 23.3 Å². The van der Waals surface area contributed by atoms with Crippen LogP contribution in [0.5, 0.6) is 0 Å². The molecule has 240 valence electrons. The molecule has 1 saturated heterocycles. The fourth-order valence-corrected chi connectivity index (χ4v) is 6.55. The van der Waals surface area contributed by atoms with Gasteiger partial charge < -0.3 is 14.9 Å². The lowest BCUT2D eigenvalue weighted by atomic mass is 9.93. The number of carbonyl (C=O) groups is 2. The van der Waals surface area contributed by atoms with Crippen LogP contribution in [0.15, 0.2) is 78.9 Å². The maximum Gasteiger partial charge on any atom is 0.416 e. The first-order valence-electron chi connectivity index (χ1n) is 15.2. The summed E-state index contributed by atoms with van der Waals surface area (Å²) in [6, 6.07) is 19.8. The average Bonchev–Trinajstić information content (AvgIpc) is 3.72. The van der Waals surface area contributed by atoms with Crippen LogP contribution in [0.25, 0.3) is 28.2 Å². The second-order valence-electron chi connectivity index (χ2n) is 12.0. The van der Waals surface area contributed by atoms with Crippen LogP contribution in [-0.4, -0.2) is 56.1 Å². The highest BCUT2D eigenvalue weighted by molar-refractivity contribution is 5.94. The highest BCUT2D eigenvalue weighted by Crippen LogP contribution is 2.35. The molecular weight excluding hydrogens is 614 g/mol. The fraction of sp³-hybridized carbons (Fsp3) is 0.257. The highest BCUT2D eigenvalue weighted by Gasteiger charge is 2.32. The number of halogens is 4. The molecule has 0 radical (unpaired) electrons. The predicted molar refractivity (Wildman–Crippen MR) is 166 cm³/mol. The number of carboxylic acids is 1. The van der Waals surface area contributed by atoms with Gasteiger partial charge in [0.05, 0.1) is 28.9 Å². The van der Waals surface area contributed by atoms with Crippen molar-refractivity contribution in [1.29, 1.82) is 0 Å². The molecule has 4 heterocycles. The summed E-state index contributed by atoms with van der Waals surface area (Å²) >= 11 is 0. The summed E-state index contributed by atoms with van der Waals surface area (Å²) in [6.45, 7) is 3.17. The van der Waals surface area contributed by atoms with Crippen LogP contribution in [0.2, 0.25) is 0 Å². The Hall–Kier alpha value is -5.26. The van der Waals surface area contributed by atoms with E-state index in [1.54, 1.807) is 17.0 Å². The second kappa shape index (κ2) is 11.5. The van der Waals surface area contributed by atoms with Crippen molar-refractivity contribution in [2.45, 2.75) is 32.0 Å². The van der Waals surface area contributed by atoms with Crippen LogP contribution in [0.4, 0.5) is 23.2 Å². The number of aromatic nitrogens is 3. The van der Waals surface area contributed by atoms with E-state index in [4.69, 9.17) is 0 Å². The maximum absolute atomic E-state index is 15.6. The Kier molecular flexibility index (Phi) is 7.45. The Morgan fingerprint density at radius 3 is 2.43 bits per heavy atom. The van der Waals surface area contributed by atoms with Crippen LogP contribution in [0.3, 0.4) is 0 Å². The molecule has 5 aromatic rings. The SMILES string of the molecule is C[C@@H]1c2ccccc2CCN1C(=O)c1cc(-c2ccc(C(F)(F)F)cc2)n2nc(-c3ccc(N4CC[C@H](C(=O)O)C4)cc3F)cc2n1. The molecule has 3 aromatic carbocycles. The summed E-state index contributed by atoms with van der Waals surface area (Å²) in [5.74, 6) is -2.34. The molecule has 2 atom stereocenters. The third-order valence-corrected chi connectivity index (χ3v) is 9.14. The fourth-order valence-electron chi connectivity index (χ4n) is 6.55. The van der Waals surface area contributed by atoms with Gasteiger partial charge in [-0.15, -0.1) is 0 Å². The van der Waals surface area contributed by atoms with Crippen molar-refractivity contribution < 1.29 is 32.3 Å². The summed E-state index contributed by atoms with van der Waals surface area (Å²) in [7, 11) is 0. The predicted octanol–water partition coefficient (Wildman–Crippen LogP) is 6.89. The smallest absolute Gasteiger partial charge is 0.416 e. The third-order valence-electron chi connectivity index (χ3n) is 9.14. The van der Waals surface area contributed by atoms with E-state index < -0.39 is 29.4 Å². The zero-order chi connectivity index (χ0) is 33.0. The number of rotatable bonds is 5. The van der Waals surface area contributed by atoms with Gasteiger partial charge in [-0.25, -0.2) is 13.9 Å². The quantitative estimate of drug-likeness (QED) is 0.210. The minimum Gasteiger partial charge on any atom is -0.481 e. The molecule has 2 aromatic heterocycles. The Morgan fingerprint density at radius 1 is 0.957 bits per heavy atom. The number of carbonyl (C=O) groups excluding carboxylic acids is 1. The zero-order valence-corrected chi connectivity index (χ0v) is 25.2. The average molecular weight is 644 g/mol. The maximum atomic E-state index is 15.6. The first-order chi connectivity index (χ1) is 22.5. The third kappa shape index (κ3) is 5.57. The molecule has 1 N–H and O–H groups in total. The standard InChI is InChI=1S/C35H29F4N5O3/c1-20-26-5-3-2-4-21(26)13-15-43(20)33(45)30-17-31(22-6-8-24(9-7-22)35(37,38)39)44-32(40-30)18-29(41-44)27-11-10-25(16-28(27)36)42-14-12-23(19-42)34(46)47/h2-11,16-18,20,23H,12-15,19H2,1H3,(H,46,47)/t20-,23+/m1/s1. The Labute approximate surface area is 266 Å². The normalized spacial score (nSPS) is 18.1. The number of alkyl halides is 3. The summed E-state index contributed by atoms with van der Waals surface area (Å²) in [6.07, 6.45) is -3.39. The lowest BCUT2D eigenvalue weighted by molar-refractivity contribution is -0.141. The van der Waals surface area contributed by atoms with Crippen LogP contribution < -0.4 is 4.90 Å². The van der Waals surface area contributed by atoms with Crippen molar-refractivity contribution in [3.8, 4) is 22.5 Å². The van der Waals surface area contributed by atoms with E-state index in [1.807, 2.05) is 36.1 Å². The Balaban J connectivity index is 1.29. The minimum absolute atomic E-state index is 0.0860. The first kappa shape index (κ1) is 30.4. The molecule has 0 saturated carbocycles. The van der Waals surface area contributed by atoms with Gasteiger partial charge in [0.25, 0.3) is 5.91 Å². The molecule has 1 fully saturated rings. The molecule has 8 nitrogen and oxygen atoms in total. The van der Waals surface area contributed by atoms with Crippen molar-refractivity contribution in [2.75, 3.05) is 24.5 Å². The number of nitrogens with zero attached hydrogens (tertiary/aromatic N) is 5. The second-order valence-corrected chi connectivity index (χ2v) is 12.0. The van der Waals surface area contributed by atoms with Gasteiger partial charge in [-0.2, -0.15) is 18.3 Å². The number of hydrogen-bond donors (Lipinski definition) is 1. The van der Waals surface area contributed by atoms with E-state index in [1.165, 1.54) is 34.8 Å². The molecule has 7 rings (SSSR count). The van der Waals surface area contributed by atoms with Crippen molar-refractivity contribution in [3.05, 3.63) is 107 Å². The zero-order valence-electron chi connectivity index (χ0n) is 25.2. The number of hydrogen-bond acceptors (Lipinski definition) is 5. The summed E-state index contributed by atoms with van der Waals surface area (Å²) in [5, 5.41) is 13.9. The first-order valence-corrected chi connectivity index (χ1v) is 15.2. The molecule has 2 aliphatic rings. The van der Waals surface area contributed by atoms with Crippen molar-refractivity contribution in [1.82, 2.24) is 19.5 Å². The van der Waals surface area contributed by atoms with E-state index in [-0.39, 0.29) is 41.1 Å². The summed E-state index contributed by atoms with van der Waals surface area (Å²) in [4.78, 5) is 33.5. The molecule has 0 spiro atoms. The van der Waals surface area contributed by atoms with Gasteiger partial charge in [0.2, 0.25) is 0 Å². The topological polar surface area (TPSA) is 91.0 Å². The number of benzene rings is 3. The van der Waals surface area contributed by atoms with Crippen LogP contribution >= 0.6 is 0 Å². The number of carboxylic acid groups (broad SMARTS) is 1. The van der Waals surface area contributed by atoms with E-state index in [9.17, 15) is 27.9 Å². The molecular formula is C35H29F4N5O3. The Morgan fingerprint density at radius 2 is 1.72 bits per heavy atom. The van der Waals surface area contributed by atoms with Crippen molar-refractivity contribution in [2.24, 2.45) is 5.92 Å². The molecule has 12 heteroatoms. The van der Waals surface area contributed by atoms with E-state index >= 15 is 4.39 Å². The number of anilines is 1. The van der Waals surface area contributed by atoms with Gasteiger partial charge in [-0.05, 0) is 67.3 Å². The van der Waals surface area contributed by atoms with Gasteiger partial charge in [0, 0.05) is 42.5 Å². The van der Waals surface area contributed by atoms with Crippen molar-refractivity contribution >= 4 is 23.2 Å².